The van der Waals surface area contributed by atoms with Crippen LogP contribution < -0.4 is 10.6 Å². The SMILES string of the molecule is O=C(NCCc1ccc(Cl)cc1)c1cncc(NCc2cccnc2)c1. The van der Waals surface area contributed by atoms with Crippen molar-refractivity contribution >= 4 is 23.2 Å². The second kappa shape index (κ2) is 8.97. The van der Waals surface area contributed by atoms with Crippen molar-refractivity contribution in [1.29, 1.82) is 0 Å². The third kappa shape index (κ3) is 5.29. The molecule has 0 aliphatic carbocycles. The van der Waals surface area contributed by atoms with Crippen molar-refractivity contribution in [3.63, 3.8) is 0 Å². The van der Waals surface area contributed by atoms with Crippen LogP contribution in [0.25, 0.3) is 0 Å². The van der Waals surface area contributed by atoms with Crippen molar-refractivity contribution in [2.24, 2.45) is 0 Å². The topological polar surface area (TPSA) is 66.9 Å². The molecule has 0 radical (unpaired) electrons. The number of aromatic nitrogens is 2. The predicted octanol–water partition coefficient (Wildman–Crippen LogP) is 3.71. The van der Waals surface area contributed by atoms with E-state index in [2.05, 4.69) is 20.6 Å². The Hall–Kier alpha value is -2.92. The number of pyridine rings is 2. The Labute approximate surface area is 157 Å². The molecule has 0 atom stereocenters. The molecule has 2 aromatic heterocycles. The van der Waals surface area contributed by atoms with Crippen LogP contribution in [-0.2, 0) is 13.0 Å². The lowest BCUT2D eigenvalue weighted by atomic mass is 10.1. The van der Waals surface area contributed by atoms with E-state index < -0.39 is 0 Å². The average Bonchev–Trinajstić information content (AvgIpc) is 2.69. The maximum atomic E-state index is 12.3. The molecule has 3 rings (SSSR count). The van der Waals surface area contributed by atoms with Gasteiger partial charge < -0.3 is 10.6 Å². The van der Waals surface area contributed by atoms with Crippen molar-refractivity contribution in [3.8, 4) is 0 Å². The van der Waals surface area contributed by atoms with Gasteiger partial charge in [0.25, 0.3) is 5.91 Å². The number of hydrogen-bond donors (Lipinski definition) is 2. The standard InChI is InChI=1S/C20H19ClN4O/c21-18-5-3-15(4-6-18)7-9-24-20(26)17-10-19(14-23-13-17)25-12-16-2-1-8-22-11-16/h1-6,8,10-11,13-14,25H,7,9,12H2,(H,24,26). The molecular formula is C20H19ClN4O. The van der Waals surface area contributed by atoms with Crippen molar-refractivity contribution in [2.75, 3.05) is 11.9 Å². The molecule has 0 aliphatic rings. The Morgan fingerprint density at radius 2 is 1.85 bits per heavy atom. The fraction of sp³-hybridized carbons (Fsp3) is 0.150. The summed E-state index contributed by atoms with van der Waals surface area (Å²) < 4.78 is 0. The highest BCUT2D eigenvalue weighted by Crippen LogP contribution is 2.11. The van der Waals surface area contributed by atoms with Crippen LogP contribution in [0.2, 0.25) is 5.02 Å². The number of hydrogen-bond acceptors (Lipinski definition) is 4. The number of anilines is 1. The van der Waals surface area contributed by atoms with Gasteiger partial charge in [-0.1, -0.05) is 29.8 Å². The molecule has 3 aromatic rings. The highest BCUT2D eigenvalue weighted by Gasteiger charge is 2.07. The zero-order valence-corrected chi connectivity index (χ0v) is 14.9. The maximum Gasteiger partial charge on any atom is 0.252 e. The van der Waals surface area contributed by atoms with Crippen LogP contribution in [0, 0.1) is 0 Å². The minimum absolute atomic E-state index is 0.142. The first-order valence-corrected chi connectivity index (χ1v) is 8.69. The van der Waals surface area contributed by atoms with Crippen LogP contribution >= 0.6 is 11.6 Å². The molecule has 0 bridgehead atoms. The van der Waals surface area contributed by atoms with Crippen LogP contribution in [0.3, 0.4) is 0 Å². The summed E-state index contributed by atoms with van der Waals surface area (Å²) in [5.41, 5.74) is 3.50. The van der Waals surface area contributed by atoms with E-state index in [0.29, 0.717) is 23.7 Å². The van der Waals surface area contributed by atoms with Gasteiger partial charge in [0.15, 0.2) is 0 Å². The van der Waals surface area contributed by atoms with Gasteiger partial charge in [-0.05, 0) is 41.8 Å². The minimum atomic E-state index is -0.142. The van der Waals surface area contributed by atoms with Crippen molar-refractivity contribution in [3.05, 3.63) is 89.0 Å². The molecule has 0 unspecified atom stereocenters. The van der Waals surface area contributed by atoms with Crippen LogP contribution in [0.15, 0.2) is 67.3 Å². The van der Waals surface area contributed by atoms with Crippen molar-refractivity contribution < 1.29 is 4.79 Å². The number of nitrogens with zero attached hydrogens (tertiary/aromatic N) is 2. The molecule has 0 saturated carbocycles. The molecule has 6 heteroatoms. The molecule has 0 aliphatic heterocycles. The Morgan fingerprint density at radius 1 is 1.00 bits per heavy atom. The summed E-state index contributed by atoms with van der Waals surface area (Å²) in [4.78, 5) is 20.5. The molecule has 2 N–H and O–H groups in total. The molecule has 1 aromatic carbocycles. The van der Waals surface area contributed by atoms with E-state index >= 15 is 0 Å². The van der Waals surface area contributed by atoms with Gasteiger partial charge in [-0.3, -0.25) is 14.8 Å². The number of amides is 1. The van der Waals surface area contributed by atoms with E-state index in [-0.39, 0.29) is 5.91 Å². The summed E-state index contributed by atoms with van der Waals surface area (Å²) in [6.45, 7) is 1.17. The molecule has 1 amide bonds. The number of carbonyl (C=O) groups is 1. The van der Waals surface area contributed by atoms with Crippen LogP contribution in [0.1, 0.15) is 21.5 Å². The van der Waals surface area contributed by atoms with E-state index in [1.54, 1.807) is 30.9 Å². The van der Waals surface area contributed by atoms with Crippen LogP contribution in [0.5, 0.6) is 0 Å². The number of nitrogens with one attached hydrogen (secondary N) is 2. The molecule has 5 nitrogen and oxygen atoms in total. The fourth-order valence-electron chi connectivity index (χ4n) is 2.44. The third-order valence-electron chi connectivity index (χ3n) is 3.83. The van der Waals surface area contributed by atoms with Crippen LogP contribution in [0.4, 0.5) is 5.69 Å². The second-order valence-corrected chi connectivity index (χ2v) is 6.25. The van der Waals surface area contributed by atoms with Gasteiger partial charge in [0.2, 0.25) is 0 Å². The average molecular weight is 367 g/mol. The van der Waals surface area contributed by atoms with Gasteiger partial charge in [-0.25, -0.2) is 0 Å². The molecule has 132 valence electrons. The van der Waals surface area contributed by atoms with E-state index in [0.717, 1.165) is 23.2 Å². The Morgan fingerprint density at radius 3 is 2.62 bits per heavy atom. The smallest absolute Gasteiger partial charge is 0.252 e. The van der Waals surface area contributed by atoms with E-state index in [1.807, 2.05) is 36.4 Å². The first-order chi connectivity index (χ1) is 12.7. The van der Waals surface area contributed by atoms with Gasteiger partial charge in [-0.2, -0.15) is 0 Å². The second-order valence-electron chi connectivity index (χ2n) is 5.81. The van der Waals surface area contributed by atoms with Gasteiger partial charge in [-0.15, -0.1) is 0 Å². The quantitative estimate of drug-likeness (QED) is 0.668. The number of carbonyl (C=O) groups excluding carboxylic acids is 1. The number of benzene rings is 1. The molecule has 0 saturated heterocycles. The lowest BCUT2D eigenvalue weighted by Crippen LogP contribution is -2.25. The first-order valence-electron chi connectivity index (χ1n) is 8.31. The molecule has 0 spiro atoms. The summed E-state index contributed by atoms with van der Waals surface area (Å²) in [7, 11) is 0. The summed E-state index contributed by atoms with van der Waals surface area (Å²) in [5, 5.41) is 6.87. The highest BCUT2D eigenvalue weighted by molar-refractivity contribution is 6.30. The maximum absolute atomic E-state index is 12.3. The minimum Gasteiger partial charge on any atom is -0.380 e. The van der Waals surface area contributed by atoms with Gasteiger partial charge in [0, 0.05) is 42.9 Å². The van der Waals surface area contributed by atoms with E-state index in [1.165, 1.54) is 0 Å². The highest BCUT2D eigenvalue weighted by atomic mass is 35.5. The third-order valence-corrected chi connectivity index (χ3v) is 4.08. The zero-order chi connectivity index (χ0) is 18.2. The van der Waals surface area contributed by atoms with Gasteiger partial charge >= 0.3 is 0 Å². The Balaban J connectivity index is 1.51. The molecule has 0 fully saturated rings. The van der Waals surface area contributed by atoms with Gasteiger partial charge in [0.1, 0.15) is 0 Å². The summed E-state index contributed by atoms with van der Waals surface area (Å²) in [6, 6.07) is 13.3. The summed E-state index contributed by atoms with van der Waals surface area (Å²) in [6.07, 6.45) is 7.54. The largest absolute Gasteiger partial charge is 0.380 e. The van der Waals surface area contributed by atoms with E-state index in [9.17, 15) is 4.79 Å². The molecular weight excluding hydrogens is 348 g/mol. The summed E-state index contributed by atoms with van der Waals surface area (Å²) in [5.74, 6) is -0.142. The van der Waals surface area contributed by atoms with Crippen molar-refractivity contribution in [1.82, 2.24) is 15.3 Å². The molecule has 26 heavy (non-hydrogen) atoms. The zero-order valence-electron chi connectivity index (χ0n) is 14.2. The van der Waals surface area contributed by atoms with Gasteiger partial charge in [0.05, 0.1) is 11.3 Å². The molecule has 2 heterocycles. The monoisotopic (exact) mass is 366 g/mol. The summed E-state index contributed by atoms with van der Waals surface area (Å²) >= 11 is 5.87. The number of rotatable bonds is 7. The first kappa shape index (κ1) is 17.9. The Bertz CT molecular complexity index is 853. The number of halogens is 1. The lowest BCUT2D eigenvalue weighted by molar-refractivity contribution is 0.0954. The predicted molar refractivity (Wildman–Crippen MR) is 103 cm³/mol. The van der Waals surface area contributed by atoms with E-state index in [4.69, 9.17) is 11.6 Å². The van der Waals surface area contributed by atoms with Crippen molar-refractivity contribution in [2.45, 2.75) is 13.0 Å². The lowest BCUT2D eigenvalue weighted by Gasteiger charge is -2.09. The Kier molecular flexibility index (Phi) is 6.17. The fourth-order valence-corrected chi connectivity index (χ4v) is 2.57. The van der Waals surface area contributed by atoms with Crippen LogP contribution in [-0.4, -0.2) is 22.4 Å². The normalized spacial score (nSPS) is 10.3.